The summed E-state index contributed by atoms with van der Waals surface area (Å²) >= 11 is 1.74. The summed E-state index contributed by atoms with van der Waals surface area (Å²) in [6.07, 6.45) is 4.57. The van der Waals surface area contributed by atoms with Gasteiger partial charge in [0.25, 0.3) is 0 Å². The molecule has 0 aromatic carbocycles. The van der Waals surface area contributed by atoms with E-state index in [9.17, 15) is 0 Å². The molecule has 3 rings (SSSR count). The molecule has 0 spiro atoms. The van der Waals surface area contributed by atoms with Gasteiger partial charge in [0.1, 0.15) is 0 Å². The van der Waals surface area contributed by atoms with Gasteiger partial charge < -0.3 is 5.73 Å². The van der Waals surface area contributed by atoms with Crippen LogP contribution in [0.3, 0.4) is 0 Å². The van der Waals surface area contributed by atoms with Crippen molar-refractivity contribution in [2.45, 2.75) is 32.2 Å². The minimum atomic E-state index is 0.652. The number of aryl methyl sites for hydroxylation is 1. The van der Waals surface area contributed by atoms with Crippen molar-refractivity contribution in [3.8, 4) is 0 Å². The van der Waals surface area contributed by atoms with Crippen molar-refractivity contribution in [3.05, 3.63) is 22.5 Å². The smallest absolute Gasteiger partial charge is 0.194 e. The van der Waals surface area contributed by atoms with E-state index in [0.717, 1.165) is 10.9 Å². The minimum Gasteiger partial charge on any atom is -0.326 e. The first-order chi connectivity index (χ1) is 6.81. The van der Waals surface area contributed by atoms with E-state index in [1.165, 1.54) is 29.1 Å². The van der Waals surface area contributed by atoms with Crippen LogP contribution in [-0.2, 0) is 6.54 Å². The summed E-state index contributed by atoms with van der Waals surface area (Å²) in [5, 5.41) is 0. The molecule has 1 saturated carbocycles. The summed E-state index contributed by atoms with van der Waals surface area (Å²) in [6, 6.07) is 0. The Kier molecular flexibility index (Phi) is 1.69. The number of imidazole rings is 1. The molecule has 0 radical (unpaired) electrons. The third-order valence-electron chi connectivity index (χ3n) is 2.80. The second kappa shape index (κ2) is 2.81. The largest absolute Gasteiger partial charge is 0.326 e. The molecule has 0 unspecified atom stereocenters. The molecule has 0 bridgehead atoms. The quantitative estimate of drug-likeness (QED) is 0.819. The first-order valence-corrected chi connectivity index (χ1v) is 5.78. The molecular formula is C10H13N3S. The van der Waals surface area contributed by atoms with Crippen molar-refractivity contribution < 1.29 is 0 Å². The molecular weight excluding hydrogens is 194 g/mol. The SMILES string of the molecule is Cc1cnc2sc(CN)c(C3CC3)n12. The highest BCUT2D eigenvalue weighted by molar-refractivity contribution is 7.17. The number of fused-ring (bicyclic) bond motifs is 1. The molecule has 1 aliphatic carbocycles. The summed E-state index contributed by atoms with van der Waals surface area (Å²) in [4.78, 5) is 6.80. The van der Waals surface area contributed by atoms with Gasteiger partial charge in [-0.3, -0.25) is 4.40 Å². The predicted octanol–water partition coefficient (Wildman–Crippen LogP) is 2.04. The Bertz CT molecular complexity index is 479. The zero-order chi connectivity index (χ0) is 9.71. The van der Waals surface area contributed by atoms with Crippen molar-refractivity contribution in [2.24, 2.45) is 5.73 Å². The maximum Gasteiger partial charge on any atom is 0.194 e. The second-order valence-electron chi connectivity index (χ2n) is 3.91. The van der Waals surface area contributed by atoms with E-state index in [2.05, 4.69) is 16.3 Å². The lowest BCUT2D eigenvalue weighted by Gasteiger charge is -2.01. The molecule has 0 atom stereocenters. The fourth-order valence-corrected chi connectivity index (χ4v) is 3.09. The number of rotatable bonds is 2. The van der Waals surface area contributed by atoms with Crippen LogP contribution in [-0.4, -0.2) is 9.38 Å². The van der Waals surface area contributed by atoms with Gasteiger partial charge >= 0.3 is 0 Å². The molecule has 2 aromatic heterocycles. The Morgan fingerprint density at radius 1 is 1.64 bits per heavy atom. The van der Waals surface area contributed by atoms with Crippen LogP contribution < -0.4 is 5.73 Å². The van der Waals surface area contributed by atoms with Crippen molar-refractivity contribution in [2.75, 3.05) is 0 Å². The summed E-state index contributed by atoms with van der Waals surface area (Å²) in [5.41, 5.74) is 8.43. The van der Waals surface area contributed by atoms with E-state index in [-0.39, 0.29) is 0 Å². The monoisotopic (exact) mass is 207 g/mol. The zero-order valence-corrected chi connectivity index (χ0v) is 8.97. The summed E-state index contributed by atoms with van der Waals surface area (Å²) in [5.74, 6) is 0.746. The van der Waals surface area contributed by atoms with Crippen LogP contribution in [0.5, 0.6) is 0 Å². The van der Waals surface area contributed by atoms with Gasteiger partial charge in [0, 0.05) is 34.9 Å². The van der Waals surface area contributed by atoms with Crippen LogP contribution in [0.25, 0.3) is 4.96 Å². The van der Waals surface area contributed by atoms with E-state index in [0.29, 0.717) is 6.54 Å². The standard InChI is InChI=1S/C10H13N3S/c1-6-5-12-10-13(6)9(7-2-3-7)8(4-11)14-10/h5,7H,2-4,11H2,1H3. The number of hydrogen-bond acceptors (Lipinski definition) is 3. The van der Waals surface area contributed by atoms with Gasteiger partial charge in [0.15, 0.2) is 4.96 Å². The van der Waals surface area contributed by atoms with Crippen molar-refractivity contribution in [3.63, 3.8) is 0 Å². The molecule has 3 nitrogen and oxygen atoms in total. The van der Waals surface area contributed by atoms with Crippen molar-refractivity contribution in [1.82, 2.24) is 9.38 Å². The number of aromatic nitrogens is 2. The lowest BCUT2D eigenvalue weighted by molar-refractivity contribution is 0.919. The molecule has 2 aromatic rings. The van der Waals surface area contributed by atoms with E-state index < -0.39 is 0 Å². The third kappa shape index (κ3) is 1.04. The Labute approximate surface area is 86.6 Å². The van der Waals surface area contributed by atoms with E-state index in [1.807, 2.05) is 6.20 Å². The van der Waals surface area contributed by atoms with Crippen LogP contribution >= 0.6 is 11.3 Å². The normalized spacial score (nSPS) is 16.7. The van der Waals surface area contributed by atoms with Crippen LogP contribution in [0.1, 0.15) is 35.0 Å². The van der Waals surface area contributed by atoms with E-state index >= 15 is 0 Å². The van der Waals surface area contributed by atoms with Gasteiger partial charge in [-0.05, 0) is 19.8 Å². The molecule has 0 aliphatic heterocycles. The lowest BCUT2D eigenvalue weighted by Crippen LogP contribution is -2.00. The maximum atomic E-state index is 5.76. The zero-order valence-electron chi connectivity index (χ0n) is 8.16. The Morgan fingerprint density at radius 2 is 2.43 bits per heavy atom. The minimum absolute atomic E-state index is 0.652. The maximum absolute atomic E-state index is 5.76. The molecule has 4 heteroatoms. The molecule has 74 valence electrons. The van der Waals surface area contributed by atoms with Crippen LogP contribution in [0, 0.1) is 6.92 Å². The Morgan fingerprint density at radius 3 is 3.07 bits per heavy atom. The fourth-order valence-electron chi connectivity index (χ4n) is 1.98. The van der Waals surface area contributed by atoms with Crippen LogP contribution in [0.15, 0.2) is 6.20 Å². The van der Waals surface area contributed by atoms with Crippen LogP contribution in [0.2, 0.25) is 0 Å². The number of hydrogen-bond donors (Lipinski definition) is 1. The molecule has 0 saturated heterocycles. The summed E-state index contributed by atoms with van der Waals surface area (Å²) in [6.45, 7) is 2.76. The van der Waals surface area contributed by atoms with Gasteiger partial charge in [-0.1, -0.05) is 11.3 Å². The van der Waals surface area contributed by atoms with Crippen molar-refractivity contribution in [1.29, 1.82) is 0 Å². The molecule has 0 amide bonds. The van der Waals surface area contributed by atoms with Gasteiger partial charge in [0.2, 0.25) is 0 Å². The highest BCUT2D eigenvalue weighted by Crippen LogP contribution is 2.44. The first-order valence-electron chi connectivity index (χ1n) is 4.97. The highest BCUT2D eigenvalue weighted by atomic mass is 32.1. The van der Waals surface area contributed by atoms with Gasteiger partial charge in [-0.15, -0.1) is 0 Å². The molecule has 2 N–H and O–H groups in total. The number of thiazole rings is 1. The van der Waals surface area contributed by atoms with Gasteiger partial charge in [0.05, 0.1) is 0 Å². The average Bonchev–Trinajstić information content (AvgIpc) is 2.86. The van der Waals surface area contributed by atoms with Gasteiger partial charge in [-0.2, -0.15) is 0 Å². The first kappa shape index (κ1) is 8.44. The van der Waals surface area contributed by atoms with Gasteiger partial charge in [-0.25, -0.2) is 4.98 Å². The highest BCUT2D eigenvalue weighted by Gasteiger charge is 2.30. The predicted molar refractivity (Wildman–Crippen MR) is 57.7 cm³/mol. The third-order valence-corrected chi connectivity index (χ3v) is 3.89. The van der Waals surface area contributed by atoms with Crippen molar-refractivity contribution >= 4 is 16.3 Å². The molecule has 1 fully saturated rings. The average molecular weight is 207 g/mol. The Hall–Kier alpha value is -0.870. The molecule has 1 aliphatic rings. The van der Waals surface area contributed by atoms with Crippen LogP contribution in [0.4, 0.5) is 0 Å². The van der Waals surface area contributed by atoms with E-state index in [1.54, 1.807) is 11.3 Å². The summed E-state index contributed by atoms with van der Waals surface area (Å²) < 4.78 is 2.28. The molecule has 2 heterocycles. The number of nitrogens with zero attached hydrogens (tertiary/aromatic N) is 2. The lowest BCUT2D eigenvalue weighted by atomic mass is 10.2. The number of nitrogens with two attached hydrogens (primary N) is 1. The fraction of sp³-hybridized carbons (Fsp3) is 0.500. The summed E-state index contributed by atoms with van der Waals surface area (Å²) in [7, 11) is 0. The Balaban J connectivity index is 2.32. The topological polar surface area (TPSA) is 43.3 Å². The molecule has 14 heavy (non-hydrogen) atoms. The van der Waals surface area contributed by atoms with E-state index in [4.69, 9.17) is 5.73 Å². The second-order valence-corrected chi connectivity index (χ2v) is 4.97.